The van der Waals surface area contributed by atoms with Crippen molar-refractivity contribution in [1.29, 1.82) is 0 Å². The van der Waals surface area contributed by atoms with E-state index in [1.165, 1.54) is 11.3 Å². The molecule has 2 aromatic rings. The van der Waals surface area contributed by atoms with Crippen molar-refractivity contribution in [3.8, 4) is 0 Å². The maximum absolute atomic E-state index is 14.0. The number of primary amides is 1. The third-order valence-electron chi connectivity index (χ3n) is 8.08. The Morgan fingerprint density at radius 2 is 1.77 bits per heavy atom. The molecule has 1 aliphatic rings. The van der Waals surface area contributed by atoms with Crippen molar-refractivity contribution in [1.82, 2.24) is 35.8 Å². The molecule has 4 amide bonds. The van der Waals surface area contributed by atoms with Gasteiger partial charge >= 0.3 is 0 Å². The Hall–Kier alpha value is -3.80. The summed E-state index contributed by atoms with van der Waals surface area (Å²) < 4.78 is 1.73. The summed E-state index contributed by atoms with van der Waals surface area (Å²) in [6.07, 6.45) is 7.65. The van der Waals surface area contributed by atoms with Crippen LogP contribution in [0.5, 0.6) is 0 Å². The van der Waals surface area contributed by atoms with Crippen molar-refractivity contribution in [2.45, 2.75) is 103 Å². The van der Waals surface area contributed by atoms with Gasteiger partial charge in [0.05, 0.1) is 17.8 Å². The molecule has 1 fully saturated rings. The number of amides is 4. The van der Waals surface area contributed by atoms with Gasteiger partial charge < -0.3 is 26.6 Å². The van der Waals surface area contributed by atoms with Crippen molar-refractivity contribution in [3.05, 3.63) is 47.8 Å². The van der Waals surface area contributed by atoms with E-state index in [0.717, 1.165) is 36.9 Å². The summed E-state index contributed by atoms with van der Waals surface area (Å²) in [5.74, 6) is -2.06. The molecule has 0 bridgehead atoms. The number of carbonyl (C=O) groups is 4. The number of unbranched alkanes of at least 4 members (excludes halogenated alkanes) is 3. The molecule has 1 saturated heterocycles. The molecule has 0 spiro atoms. The number of benzene rings is 1. The van der Waals surface area contributed by atoms with Gasteiger partial charge in [-0.1, -0.05) is 75.6 Å². The highest BCUT2D eigenvalue weighted by Gasteiger charge is 2.44. The largest absolute Gasteiger partial charge is 0.368 e. The van der Waals surface area contributed by atoms with E-state index in [4.69, 9.17) is 5.73 Å². The second-order valence-corrected chi connectivity index (χ2v) is 11.8. The number of carbonyl (C=O) groups excluding carboxylic acids is 4. The molecule has 1 aliphatic heterocycles. The van der Waals surface area contributed by atoms with Crippen LogP contribution in [-0.4, -0.2) is 81.3 Å². The number of rotatable bonds is 16. The molecular formula is C31H48N8O4. The first-order valence-electron chi connectivity index (χ1n) is 15.4. The molecular weight excluding hydrogens is 548 g/mol. The molecule has 5 atom stereocenters. The Bertz CT molecular complexity index is 1220. The van der Waals surface area contributed by atoms with E-state index >= 15 is 0 Å². The van der Waals surface area contributed by atoms with Gasteiger partial charge in [0.1, 0.15) is 18.1 Å². The number of nitrogens with two attached hydrogens (primary N) is 1. The molecule has 236 valence electrons. The first-order valence-corrected chi connectivity index (χ1v) is 15.4. The topological polar surface area (TPSA) is 164 Å². The summed E-state index contributed by atoms with van der Waals surface area (Å²) in [7, 11) is 1.67. The number of nitrogens with one attached hydrogen (secondary N) is 3. The summed E-state index contributed by atoms with van der Waals surface area (Å²) in [5, 5.41) is 17.2. The average molecular weight is 597 g/mol. The lowest BCUT2D eigenvalue weighted by molar-refractivity contribution is -0.143. The number of aryl methyl sites for hydroxylation is 1. The molecule has 2 heterocycles. The molecule has 5 N–H and O–H groups in total. The minimum Gasteiger partial charge on any atom is -0.368 e. The van der Waals surface area contributed by atoms with E-state index in [9.17, 15) is 19.2 Å². The van der Waals surface area contributed by atoms with Gasteiger partial charge in [-0.25, -0.2) is 4.68 Å². The van der Waals surface area contributed by atoms with Gasteiger partial charge in [0.15, 0.2) is 0 Å². The van der Waals surface area contributed by atoms with E-state index in [-0.39, 0.29) is 43.2 Å². The molecule has 3 rings (SSSR count). The van der Waals surface area contributed by atoms with E-state index in [0.29, 0.717) is 0 Å². The molecule has 0 saturated carbocycles. The van der Waals surface area contributed by atoms with Gasteiger partial charge in [0, 0.05) is 25.6 Å². The van der Waals surface area contributed by atoms with Crippen LogP contribution in [0.15, 0.2) is 36.5 Å². The van der Waals surface area contributed by atoms with Crippen LogP contribution in [0, 0.1) is 5.92 Å². The lowest BCUT2D eigenvalue weighted by Gasteiger charge is -2.31. The van der Waals surface area contributed by atoms with E-state index < -0.39 is 36.0 Å². The summed E-state index contributed by atoms with van der Waals surface area (Å²) in [6, 6.07) is 5.77. The first-order chi connectivity index (χ1) is 20.5. The third kappa shape index (κ3) is 9.34. The fourth-order valence-corrected chi connectivity index (χ4v) is 5.28. The van der Waals surface area contributed by atoms with Gasteiger partial charge in [-0.05, 0) is 38.3 Å². The minimum absolute atomic E-state index is 0.205. The van der Waals surface area contributed by atoms with Gasteiger partial charge in [-0.3, -0.25) is 19.2 Å². The van der Waals surface area contributed by atoms with Crippen LogP contribution in [0.3, 0.4) is 0 Å². The van der Waals surface area contributed by atoms with E-state index in [2.05, 4.69) is 33.2 Å². The molecule has 1 aromatic carbocycles. The van der Waals surface area contributed by atoms with Crippen LogP contribution >= 0.6 is 0 Å². The van der Waals surface area contributed by atoms with Gasteiger partial charge in [0.25, 0.3) is 0 Å². The van der Waals surface area contributed by atoms with Crippen LogP contribution in [0.4, 0.5) is 0 Å². The molecule has 12 nitrogen and oxygen atoms in total. The minimum atomic E-state index is -0.955. The molecule has 0 radical (unpaired) electrons. The van der Waals surface area contributed by atoms with Crippen molar-refractivity contribution in [2.24, 2.45) is 11.7 Å². The van der Waals surface area contributed by atoms with Crippen LogP contribution in [-0.2, 0) is 32.0 Å². The fourth-order valence-electron chi connectivity index (χ4n) is 5.28. The summed E-state index contributed by atoms with van der Waals surface area (Å²) >= 11 is 0. The summed E-state index contributed by atoms with van der Waals surface area (Å²) in [4.78, 5) is 54.4. The highest BCUT2D eigenvalue weighted by Crippen LogP contribution is 2.29. The second kappa shape index (κ2) is 16.2. The summed E-state index contributed by atoms with van der Waals surface area (Å²) in [6.45, 7) is 7.78. The lowest BCUT2D eigenvalue weighted by Crippen LogP contribution is -2.58. The number of likely N-dealkylation sites (N-methyl/N-ethyl adjacent to an activating group) is 1. The van der Waals surface area contributed by atoms with Crippen LogP contribution in [0.25, 0.3) is 0 Å². The zero-order chi connectivity index (χ0) is 31.5. The molecule has 43 heavy (non-hydrogen) atoms. The molecule has 12 heteroatoms. The Labute approximate surface area is 254 Å². The van der Waals surface area contributed by atoms with Crippen molar-refractivity contribution in [2.75, 3.05) is 13.6 Å². The lowest BCUT2D eigenvalue weighted by atomic mass is 10.0. The second-order valence-electron chi connectivity index (χ2n) is 11.8. The number of likely N-dealkylation sites (tertiary alicyclic amines) is 1. The van der Waals surface area contributed by atoms with Crippen LogP contribution < -0.4 is 21.7 Å². The maximum Gasteiger partial charge on any atom is 0.246 e. The van der Waals surface area contributed by atoms with Gasteiger partial charge in [-0.2, -0.15) is 0 Å². The number of aromatic nitrogens is 3. The zero-order valence-corrected chi connectivity index (χ0v) is 26.1. The quantitative estimate of drug-likeness (QED) is 0.213. The van der Waals surface area contributed by atoms with Crippen molar-refractivity contribution < 1.29 is 19.2 Å². The fraction of sp³-hybridized carbons (Fsp3) is 0.613. The Morgan fingerprint density at radius 3 is 2.40 bits per heavy atom. The van der Waals surface area contributed by atoms with Gasteiger partial charge in [0.2, 0.25) is 23.6 Å². The highest BCUT2D eigenvalue weighted by atomic mass is 16.2. The normalized spacial score (nSPS) is 18.7. The van der Waals surface area contributed by atoms with Crippen LogP contribution in [0.2, 0.25) is 0 Å². The predicted octanol–water partition coefficient (Wildman–Crippen LogP) is 1.50. The zero-order valence-electron chi connectivity index (χ0n) is 26.1. The highest BCUT2D eigenvalue weighted by molar-refractivity contribution is 5.95. The Kier molecular flexibility index (Phi) is 12.7. The smallest absolute Gasteiger partial charge is 0.246 e. The molecule has 0 aliphatic carbocycles. The third-order valence-corrected chi connectivity index (χ3v) is 8.08. The van der Waals surface area contributed by atoms with Crippen LogP contribution in [0.1, 0.15) is 77.1 Å². The SMILES string of the molecule is CCCCCCc1cn([C@@H]2C[C@@H](C(=O)N[C@@H](Cc3ccccc3)C(N)=O)N(C(=O)[C@@H](NC(=O)[C@H](C)NC)C(C)C)C2)nn1. The standard InChI is InChI=1S/C31H48N8O4/c1-6-7-8-12-15-23-18-39(37-36-23)24-17-26(30(42)34-25(28(32)40)16-22-13-10-9-11-14-22)38(19-24)31(43)27(20(2)3)35-29(41)21(4)33-5/h9-11,13-14,18,20-21,24-27,33H,6-8,12,15-17,19H2,1-5H3,(H2,32,40)(H,34,42)(H,35,41)/t21-,24+,25-,26-,27-/m0/s1. The predicted molar refractivity (Wildman–Crippen MR) is 164 cm³/mol. The first kappa shape index (κ1) is 33.7. The average Bonchev–Trinajstić information content (AvgIpc) is 3.65. The van der Waals surface area contributed by atoms with E-state index in [1.807, 2.05) is 50.4 Å². The van der Waals surface area contributed by atoms with Crippen molar-refractivity contribution in [3.63, 3.8) is 0 Å². The molecule has 0 unspecified atom stereocenters. The number of hydrogen-bond donors (Lipinski definition) is 4. The van der Waals surface area contributed by atoms with Gasteiger partial charge in [-0.15, -0.1) is 5.10 Å². The monoisotopic (exact) mass is 596 g/mol. The van der Waals surface area contributed by atoms with E-state index in [1.54, 1.807) is 18.7 Å². The maximum atomic E-state index is 14.0. The Balaban J connectivity index is 1.84. The van der Waals surface area contributed by atoms with Crippen molar-refractivity contribution >= 4 is 23.6 Å². The molecule has 1 aromatic heterocycles. The number of hydrogen-bond acceptors (Lipinski definition) is 7. The summed E-state index contributed by atoms with van der Waals surface area (Å²) in [5.41, 5.74) is 7.39. The Morgan fingerprint density at radius 1 is 1.05 bits per heavy atom. The number of nitrogens with zero attached hydrogens (tertiary/aromatic N) is 4.